The largest absolute Gasteiger partial charge is 0.497 e. The number of methoxy groups -OCH3 is 1. The Morgan fingerprint density at radius 1 is 0.967 bits per heavy atom. The standard InChI is InChI=1S/C19H9F5N4O2/c1-29-12-2-3-17(15(6-12)28-16(9-27)10(7-25)8-26)30-18-13(20)4-11(5-14(18)21)19(22,23)24/h2-6,28H,1H3. The Balaban J connectivity index is 2.55. The zero-order chi connectivity index (χ0) is 22.5. The fourth-order valence-corrected chi connectivity index (χ4v) is 2.17. The molecular weight excluding hydrogens is 411 g/mol. The van der Waals surface area contributed by atoms with Gasteiger partial charge in [0.1, 0.15) is 29.7 Å². The van der Waals surface area contributed by atoms with E-state index in [0.29, 0.717) is 0 Å². The lowest BCUT2D eigenvalue weighted by atomic mass is 10.2. The molecule has 6 nitrogen and oxygen atoms in total. The molecule has 0 aliphatic heterocycles. The van der Waals surface area contributed by atoms with Gasteiger partial charge >= 0.3 is 6.18 Å². The summed E-state index contributed by atoms with van der Waals surface area (Å²) in [7, 11) is 1.30. The zero-order valence-electron chi connectivity index (χ0n) is 14.9. The predicted octanol–water partition coefficient (Wildman–Crippen LogP) is 5.02. The molecule has 0 bridgehead atoms. The molecule has 0 aliphatic rings. The highest BCUT2D eigenvalue weighted by Crippen LogP contribution is 2.38. The molecule has 2 aromatic carbocycles. The maximum Gasteiger partial charge on any atom is 0.416 e. The summed E-state index contributed by atoms with van der Waals surface area (Å²) in [4.78, 5) is 0. The molecule has 0 unspecified atom stereocenters. The van der Waals surface area contributed by atoms with Crippen LogP contribution in [0.25, 0.3) is 0 Å². The lowest BCUT2D eigenvalue weighted by Crippen LogP contribution is -2.08. The number of nitrogens with one attached hydrogen (secondary N) is 1. The van der Waals surface area contributed by atoms with Gasteiger partial charge < -0.3 is 14.8 Å². The highest BCUT2D eigenvalue weighted by molar-refractivity contribution is 5.67. The smallest absolute Gasteiger partial charge is 0.416 e. The van der Waals surface area contributed by atoms with E-state index in [1.165, 1.54) is 31.4 Å². The second kappa shape index (κ2) is 8.80. The van der Waals surface area contributed by atoms with E-state index in [9.17, 15) is 22.0 Å². The molecule has 1 N–H and O–H groups in total. The van der Waals surface area contributed by atoms with Crippen molar-refractivity contribution in [3.05, 3.63) is 58.8 Å². The van der Waals surface area contributed by atoms with Crippen molar-refractivity contribution < 1.29 is 31.4 Å². The summed E-state index contributed by atoms with van der Waals surface area (Å²) in [6.07, 6.45) is -4.97. The first-order valence-electron chi connectivity index (χ1n) is 7.78. The van der Waals surface area contributed by atoms with E-state index in [1.54, 1.807) is 6.07 Å². The van der Waals surface area contributed by atoms with E-state index in [-0.39, 0.29) is 29.3 Å². The van der Waals surface area contributed by atoms with Gasteiger partial charge in [0.25, 0.3) is 0 Å². The first-order valence-corrected chi connectivity index (χ1v) is 7.78. The average Bonchev–Trinajstić information content (AvgIpc) is 2.70. The monoisotopic (exact) mass is 420 g/mol. The van der Waals surface area contributed by atoms with Crippen LogP contribution in [0.3, 0.4) is 0 Å². The Kier molecular flexibility index (Phi) is 6.45. The number of hydrogen-bond donors (Lipinski definition) is 1. The molecule has 0 heterocycles. The zero-order valence-corrected chi connectivity index (χ0v) is 14.9. The van der Waals surface area contributed by atoms with Crippen LogP contribution in [0.4, 0.5) is 27.6 Å². The number of ether oxygens (including phenoxy) is 2. The van der Waals surface area contributed by atoms with E-state index in [4.69, 9.17) is 25.3 Å². The van der Waals surface area contributed by atoms with Crippen molar-refractivity contribution in [3.63, 3.8) is 0 Å². The van der Waals surface area contributed by atoms with Crippen molar-refractivity contribution >= 4 is 5.69 Å². The van der Waals surface area contributed by atoms with Crippen LogP contribution in [0.1, 0.15) is 5.56 Å². The van der Waals surface area contributed by atoms with Crippen molar-refractivity contribution in [2.45, 2.75) is 6.18 Å². The van der Waals surface area contributed by atoms with E-state index in [2.05, 4.69) is 5.32 Å². The topological polar surface area (TPSA) is 102 Å². The third-order valence-electron chi connectivity index (χ3n) is 3.57. The summed E-state index contributed by atoms with van der Waals surface area (Å²) >= 11 is 0. The first kappa shape index (κ1) is 22.0. The molecule has 2 aromatic rings. The Morgan fingerprint density at radius 3 is 2.03 bits per heavy atom. The minimum absolute atomic E-state index is 0.0686. The van der Waals surface area contributed by atoms with Crippen LogP contribution >= 0.6 is 0 Å². The van der Waals surface area contributed by atoms with E-state index >= 15 is 0 Å². The summed E-state index contributed by atoms with van der Waals surface area (Å²) in [6.45, 7) is 0. The molecule has 30 heavy (non-hydrogen) atoms. The molecule has 0 fully saturated rings. The number of hydrogen-bond acceptors (Lipinski definition) is 6. The third-order valence-corrected chi connectivity index (χ3v) is 3.57. The van der Waals surface area contributed by atoms with Gasteiger partial charge in [-0.15, -0.1) is 0 Å². The summed E-state index contributed by atoms with van der Waals surface area (Å²) in [5, 5.41) is 29.4. The molecule has 2 rings (SSSR count). The molecule has 0 saturated heterocycles. The predicted molar refractivity (Wildman–Crippen MR) is 91.9 cm³/mol. The number of halogens is 5. The normalized spacial score (nSPS) is 10.2. The fourth-order valence-electron chi connectivity index (χ4n) is 2.17. The molecule has 0 aliphatic carbocycles. The number of nitrogens with zero attached hydrogens (tertiary/aromatic N) is 3. The summed E-state index contributed by atoms with van der Waals surface area (Å²) in [5.41, 5.74) is -2.77. The Morgan fingerprint density at radius 2 is 1.57 bits per heavy atom. The van der Waals surface area contributed by atoms with Gasteiger partial charge in [-0.1, -0.05) is 0 Å². The minimum Gasteiger partial charge on any atom is -0.497 e. The van der Waals surface area contributed by atoms with Gasteiger partial charge in [-0.05, 0) is 24.3 Å². The van der Waals surface area contributed by atoms with E-state index in [0.717, 1.165) is 6.07 Å². The highest BCUT2D eigenvalue weighted by Gasteiger charge is 2.33. The van der Waals surface area contributed by atoms with Crippen LogP contribution in [0.2, 0.25) is 0 Å². The second-order valence-corrected chi connectivity index (χ2v) is 5.44. The molecule has 0 radical (unpaired) electrons. The molecule has 0 spiro atoms. The number of nitriles is 3. The molecule has 0 saturated carbocycles. The van der Waals surface area contributed by atoms with Gasteiger partial charge in [0.15, 0.2) is 28.7 Å². The van der Waals surface area contributed by atoms with Gasteiger partial charge in [-0.3, -0.25) is 0 Å². The fraction of sp³-hybridized carbons (Fsp3) is 0.105. The molecule has 0 atom stereocenters. The lowest BCUT2D eigenvalue weighted by molar-refractivity contribution is -0.138. The molecule has 152 valence electrons. The quantitative estimate of drug-likeness (QED) is 0.538. The maximum atomic E-state index is 14.1. The van der Waals surface area contributed by atoms with Crippen LogP contribution in [0.5, 0.6) is 17.2 Å². The van der Waals surface area contributed by atoms with Crippen LogP contribution in [-0.4, -0.2) is 7.11 Å². The molecule has 0 amide bonds. The summed E-state index contributed by atoms with van der Waals surface area (Å²) in [5.74, 6) is -4.48. The van der Waals surface area contributed by atoms with E-state index in [1.807, 2.05) is 0 Å². The van der Waals surface area contributed by atoms with Crippen LogP contribution in [-0.2, 0) is 6.18 Å². The van der Waals surface area contributed by atoms with Gasteiger partial charge in [0, 0.05) is 6.07 Å². The van der Waals surface area contributed by atoms with Crippen molar-refractivity contribution in [1.82, 2.24) is 0 Å². The summed E-state index contributed by atoms with van der Waals surface area (Å²) in [6, 6.07) is 8.40. The van der Waals surface area contributed by atoms with Crippen LogP contribution in [0, 0.1) is 45.6 Å². The van der Waals surface area contributed by atoms with Gasteiger partial charge in [-0.25, -0.2) is 8.78 Å². The number of rotatable bonds is 5. The molecule has 0 aromatic heterocycles. The Labute approximate surface area is 166 Å². The lowest BCUT2D eigenvalue weighted by Gasteiger charge is -2.15. The van der Waals surface area contributed by atoms with Gasteiger partial charge in [-0.2, -0.15) is 29.0 Å². The van der Waals surface area contributed by atoms with Crippen molar-refractivity contribution in [2.24, 2.45) is 0 Å². The number of alkyl halides is 3. The van der Waals surface area contributed by atoms with Crippen molar-refractivity contribution in [1.29, 1.82) is 15.8 Å². The Hall–Kier alpha value is -4.30. The minimum atomic E-state index is -4.97. The van der Waals surface area contributed by atoms with Crippen LogP contribution < -0.4 is 14.8 Å². The first-order chi connectivity index (χ1) is 14.1. The van der Waals surface area contributed by atoms with E-state index < -0.39 is 40.4 Å². The van der Waals surface area contributed by atoms with Gasteiger partial charge in [0.05, 0.1) is 18.4 Å². The second-order valence-electron chi connectivity index (χ2n) is 5.44. The van der Waals surface area contributed by atoms with Crippen molar-refractivity contribution in [2.75, 3.05) is 12.4 Å². The van der Waals surface area contributed by atoms with Crippen LogP contribution in [0.15, 0.2) is 41.6 Å². The van der Waals surface area contributed by atoms with Gasteiger partial charge in [0.2, 0.25) is 0 Å². The summed E-state index contributed by atoms with van der Waals surface area (Å²) < 4.78 is 76.4. The molecule has 11 heteroatoms. The third kappa shape index (κ3) is 4.75. The van der Waals surface area contributed by atoms with Crippen molar-refractivity contribution in [3.8, 4) is 35.5 Å². The number of anilines is 1. The highest BCUT2D eigenvalue weighted by atomic mass is 19.4. The average molecular weight is 420 g/mol. The number of allylic oxidation sites excluding steroid dienone is 2. The Bertz CT molecular complexity index is 1100. The SMILES string of the molecule is COc1ccc(Oc2c(F)cc(C(F)(F)F)cc2F)c(NC(C#N)=C(C#N)C#N)c1. The maximum absolute atomic E-state index is 14.1. The number of benzene rings is 2. The molecular formula is C19H9F5N4O2.